The maximum absolute atomic E-state index is 5.45. The molecule has 0 N–H and O–H groups in total. The third kappa shape index (κ3) is 6.24. The molecule has 0 aliphatic heterocycles. The lowest BCUT2D eigenvalue weighted by atomic mass is 10.0. The number of rotatable bonds is 7. The average Bonchev–Trinajstić information content (AvgIpc) is 4.08. The van der Waals surface area contributed by atoms with Crippen LogP contribution in [0.5, 0.6) is 0 Å². The SMILES string of the molecule is c1ccc(-c2cccc(-c3nc(-c4cccc(-c5ccccc5)c4)nc(-n4c5ccccc5c5ccc6c7ccccc7n(-c7cccc(-c8nc9ccccc9s8)c7)c6c54)n3)c2)cc1. The molecule has 0 aliphatic carbocycles. The average molecular weight is 849 g/mol. The zero-order valence-corrected chi connectivity index (χ0v) is 35.7. The normalized spacial score (nSPS) is 11.7. The summed E-state index contributed by atoms with van der Waals surface area (Å²) in [5.41, 5.74) is 13.6. The van der Waals surface area contributed by atoms with Gasteiger partial charge in [0.1, 0.15) is 5.01 Å². The predicted molar refractivity (Wildman–Crippen MR) is 269 cm³/mol. The first-order valence-corrected chi connectivity index (χ1v) is 22.5. The molecule has 304 valence electrons. The van der Waals surface area contributed by atoms with Crippen LogP contribution in [0.2, 0.25) is 0 Å². The highest BCUT2D eigenvalue weighted by molar-refractivity contribution is 7.21. The molecule has 4 heterocycles. The number of aromatic nitrogens is 6. The van der Waals surface area contributed by atoms with E-state index in [1.54, 1.807) is 11.3 Å². The number of para-hydroxylation sites is 3. The maximum Gasteiger partial charge on any atom is 0.238 e. The van der Waals surface area contributed by atoms with Crippen molar-refractivity contribution >= 4 is 65.2 Å². The summed E-state index contributed by atoms with van der Waals surface area (Å²) in [5, 5.41) is 5.53. The van der Waals surface area contributed by atoms with Crippen LogP contribution >= 0.6 is 11.3 Å². The van der Waals surface area contributed by atoms with Crippen molar-refractivity contribution < 1.29 is 0 Å². The minimum absolute atomic E-state index is 0.541. The smallest absolute Gasteiger partial charge is 0.238 e. The van der Waals surface area contributed by atoms with Gasteiger partial charge in [0.05, 0.1) is 32.3 Å². The van der Waals surface area contributed by atoms with Gasteiger partial charge >= 0.3 is 0 Å². The van der Waals surface area contributed by atoms with Gasteiger partial charge in [-0.15, -0.1) is 11.3 Å². The number of hydrogen-bond donors (Lipinski definition) is 0. The van der Waals surface area contributed by atoms with E-state index < -0.39 is 0 Å². The standard InChI is InChI=1S/C58H36N6S/c1-3-16-37(17-4-1)39-20-13-22-41(34-39)55-60-56(42-23-14-21-40(35-42)38-18-5-2-6-19-38)62-58(61-55)64-51-30-11-8-27-46(51)48-33-32-47-45-26-7-10-29-50(45)63(53(47)54(48)64)44-25-15-24-43(36-44)57-59-49-28-9-12-31-52(49)65-57/h1-36H. The molecule has 0 aliphatic rings. The van der Waals surface area contributed by atoms with Crippen LogP contribution in [0.15, 0.2) is 218 Å². The summed E-state index contributed by atoms with van der Waals surface area (Å²) in [6, 6.07) is 76.9. The lowest BCUT2D eigenvalue weighted by Gasteiger charge is -2.14. The molecule has 0 saturated heterocycles. The number of benzene rings is 9. The molecule has 65 heavy (non-hydrogen) atoms. The quantitative estimate of drug-likeness (QED) is 0.160. The summed E-state index contributed by atoms with van der Waals surface area (Å²) in [7, 11) is 0. The predicted octanol–water partition coefficient (Wildman–Crippen LogP) is 15.0. The second-order valence-electron chi connectivity index (χ2n) is 16.3. The number of hydrogen-bond acceptors (Lipinski definition) is 5. The van der Waals surface area contributed by atoms with Crippen molar-refractivity contribution in [1.29, 1.82) is 0 Å². The monoisotopic (exact) mass is 848 g/mol. The van der Waals surface area contributed by atoms with E-state index in [4.69, 9.17) is 19.9 Å². The molecular weight excluding hydrogens is 813 g/mol. The fourth-order valence-corrected chi connectivity index (χ4v) is 10.4. The summed E-state index contributed by atoms with van der Waals surface area (Å²) in [4.78, 5) is 21.2. The molecular formula is C58H36N6S. The van der Waals surface area contributed by atoms with Gasteiger partial charge in [0.15, 0.2) is 11.6 Å². The molecule has 0 saturated carbocycles. The summed E-state index contributed by atoms with van der Waals surface area (Å²) in [6.45, 7) is 0. The molecule has 13 aromatic rings. The van der Waals surface area contributed by atoms with Gasteiger partial charge in [-0.2, -0.15) is 9.97 Å². The molecule has 0 bridgehead atoms. The van der Waals surface area contributed by atoms with Crippen LogP contribution in [-0.2, 0) is 0 Å². The number of nitrogens with zero attached hydrogens (tertiary/aromatic N) is 6. The molecule has 0 amide bonds. The van der Waals surface area contributed by atoms with Crippen LogP contribution in [0.1, 0.15) is 0 Å². The Hall–Kier alpha value is -8.52. The maximum atomic E-state index is 5.45. The Morgan fingerprint density at radius 3 is 1.45 bits per heavy atom. The third-order valence-electron chi connectivity index (χ3n) is 12.4. The Labute approximate surface area is 378 Å². The topological polar surface area (TPSA) is 61.4 Å². The van der Waals surface area contributed by atoms with Gasteiger partial charge < -0.3 is 4.57 Å². The Morgan fingerprint density at radius 2 is 0.815 bits per heavy atom. The lowest BCUT2D eigenvalue weighted by Crippen LogP contribution is -2.07. The zero-order valence-electron chi connectivity index (χ0n) is 34.9. The fourth-order valence-electron chi connectivity index (χ4n) is 9.41. The van der Waals surface area contributed by atoms with E-state index >= 15 is 0 Å². The van der Waals surface area contributed by atoms with Crippen LogP contribution < -0.4 is 0 Å². The van der Waals surface area contributed by atoms with Gasteiger partial charge in [-0.25, -0.2) is 9.97 Å². The Morgan fingerprint density at radius 1 is 0.323 bits per heavy atom. The summed E-state index contributed by atoms with van der Waals surface area (Å²) >= 11 is 1.72. The second kappa shape index (κ2) is 15.1. The summed E-state index contributed by atoms with van der Waals surface area (Å²) in [6.07, 6.45) is 0. The Kier molecular flexibility index (Phi) is 8.60. The van der Waals surface area contributed by atoms with Crippen molar-refractivity contribution in [2.75, 3.05) is 0 Å². The summed E-state index contributed by atoms with van der Waals surface area (Å²) in [5.74, 6) is 1.73. The van der Waals surface area contributed by atoms with Crippen molar-refractivity contribution in [3.8, 4) is 67.2 Å². The Balaban J connectivity index is 1.10. The highest BCUT2D eigenvalue weighted by atomic mass is 32.1. The lowest BCUT2D eigenvalue weighted by molar-refractivity contribution is 0.953. The molecule has 9 aromatic carbocycles. The fraction of sp³-hybridized carbons (Fsp3) is 0. The third-order valence-corrected chi connectivity index (χ3v) is 13.5. The highest BCUT2D eigenvalue weighted by Gasteiger charge is 2.24. The van der Waals surface area contributed by atoms with Crippen LogP contribution in [-0.4, -0.2) is 29.1 Å². The van der Waals surface area contributed by atoms with E-state index in [-0.39, 0.29) is 0 Å². The second-order valence-corrected chi connectivity index (χ2v) is 17.3. The van der Waals surface area contributed by atoms with Gasteiger partial charge in [0.25, 0.3) is 0 Å². The minimum atomic E-state index is 0.541. The number of fused-ring (bicyclic) bond motifs is 8. The van der Waals surface area contributed by atoms with E-state index in [1.807, 2.05) is 18.2 Å². The van der Waals surface area contributed by atoms with E-state index in [0.717, 1.165) is 93.4 Å². The van der Waals surface area contributed by atoms with Crippen molar-refractivity contribution in [2.24, 2.45) is 0 Å². The summed E-state index contributed by atoms with van der Waals surface area (Å²) < 4.78 is 5.84. The van der Waals surface area contributed by atoms with E-state index in [2.05, 4.69) is 209 Å². The first-order chi connectivity index (χ1) is 32.2. The van der Waals surface area contributed by atoms with Crippen molar-refractivity contribution in [2.45, 2.75) is 0 Å². The van der Waals surface area contributed by atoms with Crippen LogP contribution in [0, 0.1) is 0 Å². The number of thiazole rings is 1. The first kappa shape index (κ1) is 37.1. The van der Waals surface area contributed by atoms with Gasteiger partial charge in [-0.05, 0) is 70.8 Å². The van der Waals surface area contributed by atoms with Crippen LogP contribution in [0.25, 0.3) is 121 Å². The van der Waals surface area contributed by atoms with Crippen LogP contribution in [0.4, 0.5) is 0 Å². The van der Waals surface area contributed by atoms with Gasteiger partial charge in [0, 0.05) is 43.9 Å². The molecule has 0 spiro atoms. The highest BCUT2D eigenvalue weighted by Crippen LogP contribution is 2.42. The Bertz CT molecular complexity index is 3820. The van der Waals surface area contributed by atoms with Crippen molar-refractivity contribution in [1.82, 2.24) is 29.1 Å². The van der Waals surface area contributed by atoms with E-state index in [0.29, 0.717) is 17.6 Å². The molecule has 13 rings (SSSR count). The van der Waals surface area contributed by atoms with Gasteiger partial charge in [-0.3, -0.25) is 4.57 Å². The molecule has 0 unspecified atom stereocenters. The van der Waals surface area contributed by atoms with Crippen molar-refractivity contribution in [3.63, 3.8) is 0 Å². The van der Waals surface area contributed by atoms with E-state index in [9.17, 15) is 0 Å². The molecule has 6 nitrogen and oxygen atoms in total. The molecule has 0 atom stereocenters. The first-order valence-electron chi connectivity index (χ1n) is 21.7. The van der Waals surface area contributed by atoms with Gasteiger partial charge in [-0.1, -0.05) is 170 Å². The molecule has 4 aromatic heterocycles. The largest absolute Gasteiger partial charge is 0.307 e. The van der Waals surface area contributed by atoms with E-state index in [1.165, 1.54) is 10.1 Å². The van der Waals surface area contributed by atoms with Gasteiger partial charge in [0.2, 0.25) is 5.95 Å². The van der Waals surface area contributed by atoms with Crippen LogP contribution in [0.3, 0.4) is 0 Å². The van der Waals surface area contributed by atoms with Crippen molar-refractivity contribution in [3.05, 3.63) is 218 Å². The minimum Gasteiger partial charge on any atom is -0.307 e. The molecule has 0 radical (unpaired) electrons. The zero-order chi connectivity index (χ0) is 42.8. The molecule has 0 fully saturated rings. The molecule has 7 heteroatoms.